The maximum Gasteiger partial charge on any atom is 0.314 e. The highest BCUT2D eigenvalue weighted by Crippen LogP contribution is 2.08. The van der Waals surface area contributed by atoms with E-state index in [0.29, 0.717) is 11.8 Å². The lowest BCUT2D eigenvalue weighted by Gasteiger charge is -1.94. The van der Waals surface area contributed by atoms with E-state index >= 15 is 0 Å². The van der Waals surface area contributed by atoms with Gasteiger partial charge >= 0.3 is 5.19 Å². The average molecular weight is 219 g/mol. The first-order valence-corrected chi connectivity index (χ1v) is 5.22. The van der Waals surface area contributed by atoms with Gasteiger partial charge in [0, 0.05) is 11.5 Å². The fraction of sp³-hybridized carbons (Fsp3) is 0.100. The van der Waals surface area contributed by atoms with Crippen LogP contribution in [-0.2, 0) is 0 Å². The smallest absolute Gasteiger partial charge is 0.314 e. The average Bonchev–Trinajstić information content (AvgIpc) is 2.79. The Morgan fingerprint density at radius 3 is 2.87 bits per heavy atom. The summed E-state index contributed by atoms with van der Waals surface area (Å²) in [7, 11) is 0. The lowest BCUT2D eigenvalue weighted by atomic mass is 10.2. The van der Waals surface area contributed by atoms with Gasteiger partial charge in [0.2, 0.25) is 0 Å². The molecule has 0 N–H and O–H groups in total. The lowest BCUT2D eigenvalue weighted by Crippen LogP contribution is -1.92. The van der Waals surface area contributed by atoms with Gasteiger partial charge in [-0.3, -0.25) is 0 Å². The van der Waals surface area contributed by atoms with Crippen molar-refractivity contribution in [3.8, 4) is 5.19 Å². The zero-order chi connectivity index (χ0) is 10.3. The SMILES string of the molecule is C(=C\c1ccccc1)/COc1nnns1. The third-order valence-corrected chi connectivity index (χ3v) is 2.21. The molecule has 0 unspecified atom stereocenters. The summed E-state index contributed by atoms with van der Waals surface area (Å²) >= 11 is 1.14. The van der Waals surface area contributed by atoms with Crippen LogP contribution in [0.2, 0.25) is 0 Å². The summed E-state index contributed by atoms with van der Waals surface area (Å²) in [6, 6.07) is 10.0. The van der Waals surface area contributed by atoms with E-state index < -0.39 is 0 Å². The monoisotopic (exact) mass is 219 g/mol. The first kappa shape index (κ1) is 9.79. The Bertz CT molecular complexity index is 413. The number of aromatic nitrogens is 3. The molecule has 0 aliphatic carbocycles. The molecule has 0 bridgehead atoms. The van der Waals surface area contributed by atoms with Crippen LogP contribution in [0, 0.1) is 0 Å². The van der Waals surface area contributed by atoms with E-state index in [2.05, 4.69) is 14.8 Å². The van der Waals surface area contributed by atoms with Gasteiger partial charge < -0.3 is 4.74 Å². The van der Waals surface area contributed by atoms with E-state index in [1.165, 1.54) is 0 Å². The first-order chi connectivity index (χ1) is 7.45. The molecule has 1 aromatic carbocycles. The molecular formula is C10H9N3OS. The molecule has 4 nitrogen and oxygen atoms in total. The van der Waals surface area contributed by atoms with Crippen molar-refractivity contribution in [1.29, 1.82) is 0 Å². The lowest BCUT2D eigenvalue weighted by molar-refractivity contribution is 0.357. The Morgan fingerprint density at radius 1 is 1.27 bits per heavy atom. The number of hydrogen-bond acceptors (Lipinski definition) is 5. The van der Waals surface area contributed by atoms with Crippen LogP contribution in [-0.4, -0.2) is 21.4 Å². The Kier molecular flexibility index (Phi) is 3.40. The fourth-order valence-corrected chi connectivity index (χ4v) is 1.39. The predicted octanol–water partition coefficient (Wildman–Crippen LogP) is 2.03. The topological polar surface area (TPSA) is 47.9 Å². The Morgan fingerprint density at radius 2 is 2.13 bits per heavy atom. The highest BCUT2D eigenvalue weighted by Gasteiger charge is 1.94. The van der Waals surface area contributed by atoms with Crippen LogP contribution in [0.25, 0.3) is 6.08 Å². The van der Waals surface area contributed by atoms with E-state index in [4.69, 9.17) is 4.74 Å². The van der Waals surface area contributed by atoms with Crippen LogP contribution in [0.1, 0.15) is 5.56 Å². The molecular weight excluding hydrogens is 210 g/mol. The van der Waals surface area contributed by atoms with Crippen molar-refractivity contribution in [2.75, 3.05) is 6.61 Å². The minimum Gasteiger partial charge on any atom is -0.464 e. The Balaban J connectivity index is 1.81. The number of benzene rings is 1. The van der Waals surface area contributed by atoms with E-state index in [0.717, 1.165) is 17.1 Å². The van der Waals surface area contributed by atoms with Gasteiger partial charge in [-0.25, -0.2) is 0 Å². The molecule has 0 saturated heterocycles. The number of rotatable bonds is 4. The van der Waals surface area contributed by atoms with Crippen molar-refractivity contribution < 1.29 is 4.74 Å². The van der Waals surface area contributed by atoms with Gasteiger partial charge in [-0.1, -0.05) is 46.0 Å². The molecule has 2 aromatic rings. The first-order valence-electron chi connectivity index (χ1n) is 4.44. The third kappa shape index (κ3) is 3.14. The molecule has 1 heterocycles. The summed E-state index contributed by atoms with van der Waals surface area (Å²) in [4.78, 5) is 0. The van der Waals surface area contributed by atoms with Gasteiger partial charge in [0.05, 0.1) is 0 Å². The third-order valence-electron chi connectivity index (χ3n) is 1.69. The van der Waals surface area contributed by atoms with Gasteiger partial charge in [-0.05, 0) is 16.9 Å². The van der Waals surface area contributed by atoms with Crippen molar-refractivity contribution in [3.05, 3.63) is 42.0 Å². The predicted molar refractivity (Wildman–Crippen MR) is 58.7 cm³/mol. The molecule has 0 saturated carbocycles. The maximum atomic E-state index is 5.26. The largest absolute Gasteiger partial charge is 0.464 e. The summed E-state index contributed by atoms with van der Waals surface area (Å²) in [5.74, 6) is 0. The normalized spacial score (nSPS) is 10.7. The Hall–Kier alpha value is -1.75. The molecule has 15 heavy (non-hydrogen) atoms. The fourth-order valence-electron chi connectivity index (χ4n) is 1.05. The summed E-state index contributed by atoms with van der Waals surface area (Å²) in [6.07, 6.45) is 3.92. The van der Waals surface area contributed by atoms with E-state index in [1.54, 1.807) is 0 Å². The second-order valence-corrected chi connectivity index (χ2v) is 3.45. The maximum absolute atomic E-state index is 5.26. The Labute approximate surface area is 91.4 Å². The molecule has 0 amide bonds. The van der Waals surface area contributed by atoms with E-state index in [1.807, 2.05) is 42.5 Å². The molecule has 0 aliphatic rings. The molecule has 76 valence electrons. The highest BCUT2D eigenvalue weighted by atomic mass is 32.1. The molecule has 0 spiro atoms. The molecule has 5 heteroatoms. The van der Waals surface area contributed by atoms with Crippen molar-refractivity contribution in [1.82, 2.24) is 14.8 Å². The van der Waals surface area contributed by atoms with Gasteiger partial charge in [-0.2, -0.15) is 0 Å². The minimum atomic E-state index is 0.478. The molecule has 0 atom stereocenters. The standard InChI is InChI=1S/C10H9N3OS/c1-2-5-9(6-3-1)7-4-8-14-10-11-12-13-15-10/h1-7H,8H2/b7-4+. The van der Waals surface area contributed by atoms with Gasteiger partial charge in [0.15, 0.2) is 0 Å². The van der Waals surface area contributed by atoms with Crippen molar-refractivity contribution in [2.45, 2.75) is 0 Å². The van der Waals surface area contributed by atoms with Crippen molar-refractivity contribution >= 4 is 17.6 Å². The zero-order valence-electron chi connectivity index (χ0n) is 7.91. The number of nitrogens with zero attached hydrogens (tertiary/aromatic N) is 3. The van der Waals surface area contributed by atoms with Crippen LogP contribution in [0.4, 0.5) is 0 Å². The second kappa shape index (κ2) is 5.21. The summed E-state index contributed by atoms with van der Waals surface area (Å²) in [5, 5.41) is 7.58. The van der Waals surface area contributed by atoms with Crippen LogP contribution in [0.15, 0.2) is 36.4 Å². The van der Waals surface area contributed by atoms with Crippen LogP contribution >= 0.6 is 11.5 Å². The molecule has 2 rings (SSSR count). The summed E-state index contributed by atoms with van der Waals surface area (Å²) in [6.45, 7) is 0.478. The minimum absolute atomic E-state index is 0.478. The van der Waals surface area contributed by atoms with Crippen molar-refractivity contribution in [3.63, 3.8) is 0 Å². The molecule has 0 radical (unpaired) electrons. The molecule has 0 aliphatic heterocycles. The zero-order valence-corrected chi connectivity index (χ0v) is 8.72. The van der Waals surface area contributed by atoms with Gasteiger partial charge in [0.1, 0.15) is 6.61 Å². The van der Waals surface area contributed by atoms with Gasteiger partial charge in [0.25, 0.3) is 0 Å². The summed E-state index contributed by atoms with van der Waals surface area (Å²) < 4.78 is 8.85. The quantitative estimate of drug-likeness (QED) is 0.789. The second-order valence-electron chi connectivity index (χ2n) is 2.75. The highest BCUT2D eigenvalue weighted by molar-refractivity contribution is 7.07. The number of hydrogen-bond donors (Lipinski definition) is 0. The summed E-state index contributed by atoms with van der Waals surface area (Å²) in [5.41, 5.74) is 1.15. The van der Waals surface area contributed by atoms with Crippen LogP contribution < -0.4 is 4.74 Å². The van der Waals surface area contributed by atoms with Crippen LogP contribution in [0.5, 0.6) is 5.19 Å². The van der Waals surface area contributed by atoms with Crippen molar-refractivity contribution in [2.24, 2.45) is 0 Å². The van der Waals surface area contributed by atoms with Crippen LogP contribution in [0.3, 0.4) is 0 Å². The van der Waals surface area contributed by atoms with Gasteiger partial charge in [-0.15, -0.1) is 0 Å². The molecule has 0 fully saturated rings. The molecule has 1 aromatic heterocycles. The van der Waals surface area contributed by atoms with E-state index in [9.17, 15) is 0 Å². The number of ether oxygens (including phenoxy) is 1. The van der Waals surface area contributed by atoms with E-state index in [-0.39, 0.29) is 0 Å².